The van der Waals surface area contributed by atoms with Crippen molar-refractivity contribution in [1.29, 1.82) is 0 Å². The fourth-order valence-corrected chi connectivity index (χ4v) is 3.35. The van der Waals surface area contributed by atoms with Crippen LogP contribution in [0.15, 0.2) is 72.8 Å². The van der Waals surface area contributed by atoms with Gasteiger partial charge in [-0.1, -0.05) is 78.4 Å². The summed E-state index contributed by atoms with van der Waals surface area (Å²) in [5.74, 6) is 0.483. The number of hydrogen-bond acceptors (Lipinski definition) is 3. The summed E-state index contributed by atoms with van der Waals surface area (Å²) in [6, 6.07) is 24.2. The fourth-order valence-electron chi connectivity index (χ4n) is 3.35. The van der Waals surface area contributed by atoms with Crippen molar-refractivity contribution in [2.24, 2.45) is 0 Å². The van der Waals surface area contributed by atoms with Gasteiger partial charge in [0.1, 0.15) is 5.75 Å². The first-order valence-electron chi connectivity index (χ1n) is 8.18. The molecule has 4 heteroatoms. The van der Waals surface area contributed by atoms with E-state index in [4.69, 9.17) is 4.65 Å². The van der Waals surface area contributed by atoms with Crippen LogP contribution in [0.1, 0.15) is 5.56 Å². The Morgan fingerprint density at radius 2 is 1.16 bits per heavy atom. The standard InChI is InChI=1S/C21H17BO3/c1-14-10-12-15(13-11-14)20-16-6-2-4-8-18(16)21(25-22(23)24)19-9-5-3-7-17(19)20/h2-13,23-24H,1H3. The van der Waals surface area contributed by atoms with Gasteiger partial charge in [0, 0.05) is 10.8 Å². The quantitative estimate of drug-likeness (QED) is 0.435. The zero-order chi connectivity index (χ0) is 17.4. The molecule has 0 atom stereocenters. The van der Waals surface area contributed by atoms with Gasteiger partial charge in [-0.25, -0.2) is 0 Å². The van der Waals surface area contributed by atoms with Gasteiger partial charge >= 0.3 is 7.32 Å². The van der Waals surface area contributed by atoms with E-state index in [-0.39, 0.29) is 0 Å². The molecule has 122 valence electrons. The molecule has 0 unspecified atom stereocenters. The highest BCUT2D eigenvalue weighted by atomic mass is 16.6. The molecule has 0 aliphatic carbocycles. The highest BCUT2D eigenvalue weighted by Gasteiger charge is 2.20. The molecule has 0 aromatic heterocycles. The maximum Gasteiger partial charge on any atom is 0.707 e. The van der Waals surface area contributed by atoms with Gasteiger partial charge in [0.2, 0.25) is 0 Å². The van der Waals surface area contributed by atoms with E-state index in [1.54, 1.807) is 0 Å². The largest absolute Gasteiger partial charge is 0.707 e. The van der Waals surface area contributed by atoms with Crippen molar-refractivity contribution in [3.05, 3.63) is 78.4 Å². The van der Waals surface area contributed by atoms with Crippen LogP contribution in [0, 0.1) is 6.92 Å². The van der Waals surface area contributed by atoms with Gasteiger partial charge in [0.25, 0.3) is 0 Å². The number of benzene rings is 4. The van der Waals surface area contributed by atoms with Crippen molar-refractivity contribution < 1.29 is 14.7 Å². The van der Waals surface area contributed by atoms with E-state index >= 15 is 0 Å². The second kappa shape index (κ2) is 6.24. The average Bonchev–Trinajstić information content (AvgIpc) is 2.62. The SMILES string of the molecule is Cc1ccc(-c2c3ccccc3c(OB(O)O)c3ccccc23)cc1. The van der Waals surface area contributed by atoms with Gasteiger partial charge in [-0.05, 0) is 28.8 Å². The Hall–Kier alpha value is -2.82. The summed E-state index contributed by atoms with van der Waals surface area (Å²) >= 11 is 0. The molecule has 0 saturated carbocycles. The van der Waals surface area contributed by atoms with Gasteiger partial charge < -0.3 is 14.7 Å². The van der Waals surface area contributed by atoms with Crippen LogP contribution in [-0.2, 0) is 0 Å². The molecule has 0 amide bonds. The van der Waals surface area contributed by atoms with E-state index in [9.17, 15) is 10.0 Å². The van der Waals surface area contributed by atoms with Crippen LogP contribution in [0.5, 0.6) is 5.75 Å². The maximum atomic E-state index is 9.37. The third kappa shape index (κ3) is 2.76. The highest BCUT2D eigenvalue weighted by molar-refractivity contribution is 6.35. The Balaban J connectivity index is 2.16. The molecule has 4 rings (SSSR count). The highest BCUT2D eigenvalue weighted by Crippen LogP contribution is 2.43. The average molecular weight is 328 g/mol. The minimum absolute atomic E-state index is 0.483. The van der Waals surface area contributed by atoms with Crippen LogP contribution in [0.2, 0.25) is 0 Å². The fraction of sp³-hybridized carbons (Fsp3) is 0.0476. The predicted molar refractivity (Wildman–Crippen MR) is 102 cm³/mol. The van der Waals surface area contributed by atoms with E-state index < -0.39 is 7.32 Å². The lowest BCUT2D eigenvalue weighted by atomic mass is 9.90. The lowest BCUT2D eigenvalue weighted by Gasteiger charge is -2.17. The van der Waals surface area contributed by atoms with Gasteiger partial charge in [0.05, 0.1) is 0 Å². The van der Waals surface area contributed by atoms with Crippen molar-refractivity contribution in [2.45, 2.75) is 6.92 Å². The van der Waals surface area contributed by atoms with Crippen LogP contribution in [0.25, 0.3) is 32.7 Å². The Morgan fingerprint density at radius 3 is 1.64 bits per heavy atom. The van der Waals surface area contributed by atoms with Crippen LogP contribution in [0.3, 0.4) is 0 Å². The molecule has 0 aliphatic rings. The summed E-state index contributed by atoms with van der Waals surface area (Å²) in [6.07, 6.45) is 0. The monoisotopic (exact) mass is 328 g/mol. The summed E-state index contributed by atoms with van der Waals surface area (Å²) in [4.78, 5) is 0. The number of aryl methyl sites for hydroxylation is 1. The molecule has 4 aromatic carbocycles. The normalized spacial score (nSPS) is 11.0. The number of fused-ring (bicyclic) bond motifs is 2. The van der Waals surface area contributed by atoms with Crippen molar-refractivity contribution in [1.82, 2.24) is 0 Å². The minimum Gasteiger partial charge on any atom is -0.511 e. The Morgan fingerprint density at radius 1 is 0.680 bits per heavy atom. The van der Waals surface area contributed by atoms with Crippen LogP contribution in [0.4, 0.5) is 0 Å². The molecular formula is C21H17BO3. The van der Waals surface area contributed by atoms with E-state index in [0.717, 1.165) is 32.7 Å². The first kappa shape index (κ1) is 15.7. The second-order valence-electron chi connectivity index (χ2n) is 6.11. The molecule has 4 aromatic rings. The van der Waals surface area contributed by atoms with Crippen molar-refractivity contribution in [2.75, 3.05) is 0 Å². The molecule has 0 fully saturated rings. The molecule has 0 bridgehead atoms. The Bertz CT molecular complexity index is 999. The van der Waals surface area contributed by atoms with Crippen molar-refractivity contribution >= 4 is 28.9 Å². The molecule has 25 heavy (non-hydrogen) atoms. The van der Waals surface area contributed by atoms with Crippen LogP contribution < -0.4 is 4.65 Å². The lowest BCUT2D eigenvalue weighted by molar-refractivity contribution is 0.291. The summed E-state index contributed by atoms with van der Waals surface area (Å²) < 4.78 is 5.36. The first-order valence-corrected chi connectivity index (χ1v) is 8.18. The van der Waals surface area contributed by atoms with E-state index in [1.807, 2.05) is 48.5 Å². The molecule has 3 nitrogen and oxygen atoms in total. The van der Waals surface area contributed by atoms with Crippen LogP contribution in [-0.4, -0.2) is 17.4 Å². The second-order valence-corrected chi connectivity index (χ2v) is 6.11. The van der Waals surface area contributed by atoms with Gasteiger partial charge in [-0.2, -0.15) is 0 Å². The Labute approximate surface area is 146 Å². The molecule has 0 spiro atoms. The maximum absolute atomic E-state index is 9.37. The van der Waals surface area contributed by atoms with E-state index in [2.05, 4.69) is 31.2 Å². The number of rotatable bonds is 3. The summed E-state index contributed by atoms with van der Waals surface area (Å²) in [6.45, 7) is 2.07. The van der Waals surface area contributed by atoms with E-state index in [1.165, 1.54) is 5.56 Å². The summed E-state index contributed by atoms with van der Waals surface area (Å²) in [5.41, 5.74) is 3.45. The zero-order valence-electron chi connectivity index (χ0n) is 13.8. The van der Waals surface area contributed by atoms with E-state index in [0.29, 0.717) is 5.75 Å². The first-order chi connectivity index (χ1) is 12.1. The van der Waals surface area contributed by atoms with Gasteiger partial charge in [0.15, 0.2) is 0 Å². The summed E-state index contributed by atoms with van der Waals surface area (Å²) in [7, 11) is -1.86. The lowest BCUT2D eigenvalue weighted by Crippen LogP contribution is -2.21. The molecule has 2 N–H and O–H groups in total. The Kier molecular flexibility index (Phi) is 3.92. The molecular weight excluding hydrogens is 311 g/mol. The smallest absolute Gasteiger partial charge is 0.511 e. The zero-order valence-corrected chi connectivity index (χ0v) is 13.8. The van der Waals surface area contributed by atoms with Gasteiger partial charge in [-0.15, -0.1) is 0 Å². The topological polar surface area (TPSA) is 49.7 Å². The van der Waals surface area contributed by atoms with Gasteiger partial charge in [-0.3, -0.25) is 0 Å². The summed E-state index contributed by atoms with van der Waals surface area (Å²) in [5, 5.41) is 22.5. The van der Waals surface area contributed by atoms with Crippen molar-refractivity contribution in [3.63, 3.8) is 0 Å². The molecule has 0 saturated heterocycles. The third-order valence-corrected chi connectivity index (χ3v) is 4.45. The molecule has 0 radical (unpaired) electrons. The third-order valence-electron chi connectivity index (χ3n) is 4.45. The number of hydrogen-bond donors (Lipinski definition) is 2. The molecule has 0 aliphatic heterocycles. The predicted octanol–water partition coefficient (Wildman–Crippen LogP) is 4.32. The molecule has 0 heterocycles. The van der Waals surface area contributed by atoms with Crippen LogP contribution >= 0.6 is 0 Å². The minimum atomic E-state index is -1.86. The van der Waals surface area contributed by atoms with Crippen molar-refractivity contribution in [3.8, 4) is 16.9 Å².